The average Bonchev–Trinajstić information content (AvgIpc) is 3.81. The predicted molar refractivity (Wildman–Crippen MR) is 162 cm³/mol. The van der Waals surface area contributed by atoms with Gasteiger partial charge in [-0.15, -0.1) is 10.2 Å². The van der Waals surface area contributed by atoms with Crippen LogP contribution in [0.25, 0.3) is 17.1 Å². The monoisotopic (exact) mass is 583 g/mol. The van der Waals surface area contributed by atoms with Gasteiger partial charge in [-0.25, -0.2) is 5.01 Å². The van der Waals surface area contributed by atoms with Crippen LogP contribution in [0.4, 0.5) is 0 Å². The van der Waals surface area contributed by atoms with Gasteiger partial charge in [-0.3, -0.25) is 14.8 Å². The predicted octanol–water partition coefficient (Wildman–Crippen LogP) is 5.36. The van der Waals surface area contributed by atoms with E-state index in [2.05, 4.69) is 26.3 Å². The number of carbonyl (C=O) groups excluding carboxylic acids is 1. The number of aromatic nitrogens is 3. The van der Waals surface area contributed by atoms with E-state index in [-0.39, 0.29) is 23.8 Å². The molecule has 1 fully saturated rings. The summed E-state index contributed by atoms with van der Waals surface area (Å²) in [6, 6.07) is 25.3. The molecular formula is C32H33N5O4S. The zero-order chi connectivity index (χ0) is 28.9. The highest BCUT2D eigenvalue weighted by molar-refractivity contribution is 7.99. The molecule has 0 saturated carbocycles. The molecule has 9 nitrogen and oxygen atoms in total. The summed E-state index contributed by atoms with van der Waals surface area (Å²) in [5.74, 6) is 2.40. The molecule has 1 N–H and O–H groups in total. The number of hydrogen-bond acceptors (Lipinski definition) is 8. The number of benzene rings is 3. The Bertz CT molecular complexity index is 1530. The first-order valence-corrected chi connectivity index (χ1v) is 14.9. The lowest BCUT2D eigenvalue weighted by Crippen LogP contribution is -2.40. The van der Waals surface area contributed by atoms with Gasteiger partial charge >= 0.3 is 0 Å². The van der Waals surface area contributed by atoms with Crippen molar-refractivity contribution >= 4 is 23.4 Å². The van der Waals surface area contributed by atoms with E-state index in [1.54, 1.807) is 19.2 Å². The van der Waals surface area contributed by atoms with Gasteiger partial charge in [0.25, 0.3) is 5.91 Å². The largest absolute Gasteiger partial charge is 0.497 e. The molecule has 216 valence electrons. The lowest BCUT2D eigenvalue weighted by Gasteiger charge is -2.25. The first-order valence-electron chi connectivity index (χ1n) is 13.9. The summed E-state index contributed by atoms with van der Waals surface area (Å²) in [5, 5.41) is 11.4. The normalized spacial score (nSPS) is 18.0. The minimum Gasteiger partial charge on any atom is -0.497 e. The fourth-order valence-corrected chi connectivity index (χ4v) is 6.02. The van der Waals surface area contributed by atoms with E-state index in [4.69, 9.17) is 14.2 Å². The van der Waals surface area contributed by atoms with E-state index in [1.165, 1.54) is 11.8 Å². The summed E-state index contributed by atoms with van der Waals surface area (Å²) in [7, 11) is 3.29. The summed E-state index contributed by atoms with van der Waals surface area (Å²) < 4.78 is 18.7. The maximum atomic E-state index is 13.8. The molecule has 0 bridgehead atoms. The van der Waals surface area contributed by atoms with Crippen molar-refractivity contribution in [1.29, 1.82) is 0 Å². The highest BCUT2D eigenvalue weighted by Crippen LogP contribution is 2.34. The first-order chi connectivity index (χ1) is 20.6. The molecule has 0 aliphatic carbocycles. The van der Waals surface area contributed by atoms with Crippen LogP contribution in [0.1, 0.15) is 30.0 Å². The summed E-state index contributed by atoms with van der Waals surface area (Å²) in [6.07, 6.45) is 4.20. The molecule has 6 rings (SSSR count). The van der Waals surface area contributed by atoms with Crippen molar-refractivity contribution in [1.82, 2.24) is 25.2 Å². The number of nitrogens with zero attached hydrogens (tertiary/aromatic N) is 4. The lowest BCUT2D eigenvalue weighted by atomic mass is 10.0. The second kappa shape index (κ2) is 12.7. The smallest absolute Gasteiger partial charge is 0.252 e. The number of thioether (sulfide) groups is 1. The van der Waals surface area contributed by atoms with Crippen LogP contribution in [0.3, 0.4) is 0 Å². The molecule has 1 aromatic heterocycles. The average molecular weight is 584 g/mol. The third kappa shape index (κ3) is 6.00. The Morgan fingerprint density at radius 3 is 2.33 bits per heavy atom. The number of carbonyl (C=O) groups is 1. The van der Waals surface area contributed by atoms with Crippen LogP contribution in [-0.2, 0) is 16.1 Å². The van der Waals surface area contributed by atoms with Gasteiger partial charge in [0.15, 0.2) is 11.0 Å². The Hall–Kier alpha value is -4.28. The van der Waals surface area contributed by atoms with E-state index in [0.717, 1.165) is 59.2 Å². The maximum Gasteiger partial charge on any atom is 0.252 e. The number of hydrogen-bond donors (Lipinski definition) is 1. The van der Waals surface area contributed by atoms with Gasteiger partial charge in [0.1, 0.15) is 11.5 Å². The number of amides is 1. The van der Waals surface area contributed by atoms with Crippen LogP contribution in [0.2, 0.25) is 0 Å². The summed E-state index contributed by atoms with van der Waals surface area (Å²) in [6.45, 7) is 1.39. The molecule has 3 aromatic carbocycles. The fourth-order valence-electron chi connectivity index (χ4n) is 5.21. The Morgan fingerprint density at radius 2 is 1.67 bits per heavy atom. The number of rotatable bonds is 10. The van der Waals surface area contributed by atoms with Crippen molar-refractivity contribution in [3.8, 4) is 22.9 Å². The molecule has 42 heavy (non-hydrogen) atoms. The Morgan fingerprint density at radius 1 is 0.952 bits per heavy atom. The molecule has 1 saturated heterocycles. The highest BCUT2D eigenvalue weighted by Gasteiger charge is 2.31. The molecule has 3 heterocycles. The van der Waals surface area contributed by atoms with Crippen LogP contribution in [0.15, 0.2) is 90.1 Å². The van der Waals surface area contributed by atoms with Crippen molar-refractivity contribution in [2.45, 2.75) is 36.7 Å². The number of nitrogens with one attached hydrogen (secondary N) is 1. The van der Waals surface area contributed by atoms with Gasteiger partial charge in [-0.2, -0.15) is 0 Å². The number of methoxy groups -OCH3 is 2. The minimum absolute atomic E-state index is 0.0688. The SMILES string of the molecule is COc1ccc(-c2nnc(SCC(=O)N3NC(c4ccccc4)=C[C@@H]3c3ccc(OC)cc3)n2C[C@H]2CCCO2)cc1. The van der Waals surface area contributed by atoms with Gasteiger partial charge in [-0.05, 0) is 66.4 Å². The standard InChI is InChI=1S/C32H33N5O4S/c1-39-25-14-10-23(11-15-25)29-19-28(22-7-4-3-5-8-22)35-37(29)30(38)21-42-32-34-33-31(24-12-16-26(40-2)17-13-24)36(32)20-27-9-6-18-41-27/h3-5,7-8,10-17,19,27,29,35H,6,9,18,20-21H2,1-2H3/t27-,29-/m1/s1. The van der Waals surface area contributed by atoms with Gasteiger partial charge < -0.3 is 14.2 Å². The van der Waals surface area contributed by atoms with Crippen LogP contribution in [-0.4, -0.2) is 58.4 Å². The lowest BCUT2D eigenvalue weighted by molar-refractivity contribution is -0.131. The third-order valence-electron chi connectivity index (χ3n) is 7.45. The molecule has 2 aliphatic heterocycles. The van der Waals surface area contributed by atoms with Crippen molar-refractivity contribution in [2.24, 2.45) is 0 Å². The molecule has 0 spiro atoms. The van der Waals surface area contributed by atoms with Crippen molar-refractivity contribution in [3.63, 3.8) is 0 Å². The van der Waals surface area contributed by atoms with E-state index in [0.29, 0.717) is 11.7 Å². The molecular weight excluding hydrogens is 550 g/mol. The second-order valence-corrected chi connectivity index (χ2v) is 11.1. The Kier molecular flexibility index (Phi) is 8.43. The highest BCUT2D eigenvalue weighted by atomic mass is 32.2. The van der Waals surface area contributed by atoms with E-state index in [9.17, 15) is 4.79 Å². The van der Waals surface area contributed by atoms with E-state index >= 15 is 0 Å². The fraction of sp³-hybridized carbons (Fsp3) is 0.281. The zero-order valence-electron chi connectivity index (χ0n) is 23.6. The van der Waals surface area contributed by atoms with Crippen molar-refractivity contribution in [2.75, 3.05) is 26.6 Å². The molecule has 10 heteroatoms. The first kappa shape index (κ1) is 27.9. The summed E-state index contributed by atoms with van der Waals surface area (Å²) >= 11 is 1.38. The number of hydrazine groups is 1. The minimum atomic E-state index is -0.279. The summed E-state index contributed by atoms with van der Waals surface area (Å²) in [5.41, 5.74) is 7.17. The van der Waals surface area contributed by atoms with Crippen LogP contribution >= 0.6 is 11.8 Å². The number of ether oxygens (including phenoxy) is 3. The maximum absolute atomic E-state index is 13.8. The van der Waals surface area contributed by atoms with Gasteiger partial charge in [-0.1, -0.05) is 54.2 Å². The van der Waals surface area contributed by atoms with Crippen LogP contribution in [0, 0.1) is 0 Å². The molecule has 0 radical (unpaired) electrons. The third-order valence-corrected chi connectivity index (χ3v) is 8.41. The quantitative estimate of drug-likeness (QED) is 0.250. The molecule has 0 unspecified atom stereocenters. The molecule has 4 aromatic rings. The Labute approximate surface area is 249 Å². The molecule has 1 amide bonds. The van der Waals surface area contributed by atoms with Gasteiger partial charge in [0.2, 0.25) is 0 Å². The molecule has 2 aliphatic rings. The van der Waals surface area contributed by atoms with Gasteiger partial charge in [0.05, 0.1) is 44.4 Å². The van der Waals surface area contributed by atoms with Crippen molar-refractivity contribution in [3.05, 3.63) is 96.1 Å². The van der Waals surface area contributed by atoms with Crippen LogP contribution in [0.5, 0.6) is 11.5 Å². The molecule has 2 atom stereocenters. The van der Waals surface area contributed by atoms with E-state index in [1.807, 2.05) is 78.9 Å². The topological polar surface area (TPSA) is 90.7 Å². The van der Waals surface area contributed by atoms with E-state index < -0.39 is 0 Å². The zero-order valence-corrected chi connectivity index (χ0v) is 24.4. The van der Waals surface area contributed by atoms with Crippen molar-refractivity contribution < 1.29 is 19.0 Å². The second-order valence-electron chi connectivity index (χ2n) is 10.1. The Balaban J connectivity index is 1.24. The van der Waals surface area contributed by atoms with Crippen LogP contribution < -0.4 is 14.9 Å². The van der Waals surface area contributed by atoms with Gasteiger partial charge in [0, 0.05) is 12.2 Å². The summed E-state index contributed by atoms with van der Waals surface area (Å²) in [4.78, 5) is 13.8.